The number of thioether (sulfide) groups is 1. The minimum Gasteiger partial charge on any atom is -0.354 e. The maximum absolute atomic E-state index is 4.76. The number of thiophene rings is 1. The summed E-state index contributed by atoms with van der Waals surface area (Å²) >= 11 is 3.77. The number of anilines is 2. The second-order valence-electron chi connectivity index (χ2n) is 4.89. The Hall–Kier alpha value is -1.01. The number of rotatable bonds is 4. The average Bonchev–Trinajstić information content (AvgIpc) is 2.95. The molecule has 0 amide bonds. The van der Waals surface area contributed by atoms with Crippen molar-refractivity contribution in [3.8, 4) is 0 Å². The molecule has 2 aromatic rings. The minimum atomic E-state index is 0.718. The monoisotopic (exact) mass is 308 g/mol. The van der Waals surface area contributed by atoms with Gasteiger partial charge in [0.05, 0.1) is 5.39 Å². The Morgan fingerprint density at radius 2 is 2.30 bits per heavy atom. The summed E-state index contributed by atoms with van der Waals surface area (Å²) in [7, 11) is 0. The van der Waals surface area contributed by atoms with Crippen LogP contribution in [0.4, 0.5) is 11.8 Å². The predicted octanol–water partition coefficient (Wildman–Crippen LogP) is 3.45. The smallest absolute Gasteiger partial charge is 0.226 e. The van der Waals surface area contributed by atoms with Crippen LogP contribution >= 0.6 is 23.1 Å². The average molecular weight is 308 g/mol. The highest BCUT2D eigenvalue weighted by molar-refractivity contribution is 8.00. The lowest BCUT2D eigenvalue weighted by Gasteiger charge is -2.33. The molecule has 20 heavy (non-hydrogen) atoms. The molecule has 1 fully saturated rings. The van der Waals surface area contributed by atoms with Crippen molar-refractivity contribution in [2.75, 3.05) is 35.6 Å². The molecule has 0 spiro atoms. The number of fused-ring (bicyclic) bond motifs is 1. The van der Waals surface area contributed by atoms with Gasteiger partial charge in [0.15, 0.2) is 0 Å². The van der Waals surface area contributed by atoms with Gasteiger partial charge in [-0.15, -0.1) is 11.3 Å². The molecule has 2 aromatic heterocycles. The molecule has 0 aliphatic carbocycles. The minimum absolute atomic E-state index is 0.718. The van der Waals surface area contributed by atoms with Crippen LogP contribution in [0.15, 0.2) is 11.4 Å². The Labute approximate surface area is 128 Å². The lowest BCUT2D eigenvalue weighted by Crippen LogP contribution is -2.38. The highest BCUT2D eigenvalue weighted by Gasteiger charge is 2.22. The zero-order valence-electron chi connectivity index (χ0n) is 11.9. The van der Waals surface area contributed by atoms with Crippen LogP contribution in [0, 0.1) is 0 Å². The fourth-order valence-electron chi connectivity index (χ4n) is 2.48. The third-order valence-corrected chi connectivity index (χ3v) is 5.71. The molecular formula is C14H20N4S2. The topological polar surface area (TPSA) is 41.1 Å². The summed E-state index contributed by atoms with van der Waals surface area (Å²) in [6, 6.07) is 2.15. The van der Waals surface area contributed by atoms with E-state index in [0.29, 0.717) is 0 Å². The fourth-order valence-corrected chi connectivity index (χ4v) is 4.42. The van der Waals surface area contributed by atoms with Crippen molar-refractivity contribution < 1.29 is 0 Å². The van der Waals surface area contributed by atoms with E-state index in [4.69, 9.17) is 4.98 Å². The first-order valence-corrected chi connectivity index (χ1v) is 9.10. The van der Waals surface area contributed by atoms with Crippen LogP contribution < -0.4 is 10.2 Å². The van der Waals surface area contributed by atoms with Crippen LogP contribution in [0.1, 0.15) is 20.3 Å². The molecule has 3 heterocycles. The van der Waals surface area contributed by atoms with Gasteiger partial charge in [-0.05, 0) is 24.8 Å². The Bertz CT molecular complexity index is 584. The van der Waals surface area contributed by atoms with E-state index in [-0.39, 0.29) is 0 Å². The Balaban J connectivity index is 1.98. The van der Waals surface area contributed by atoms with E-state index in [9.17, 15) is 0 Å². The van der Waals surface area contributed by atoms with Crippen molar-refractivity contribution in [1.29, 1.82) is 0 Å². The zero-order chi connectivity index (χ0) is 13.9. The van der Waals surface area contributed by atoms with Gasteiger partial charge in [-0.3, -0.25) is 0 Å². The Morgan fingerprint density at radius 3 is 3.10 bits per heavy atom. The normalized spacial score (nSPS) is 19.5. The molecule has 3 rings (SSSR count). The summed E-state index contributed by atoms with van der Waals surface area (Å²) in [5.41, 5.74) is 0. The molecular weight excluding hydrogens is 288 g/mol. The molecule has 0 radical (unpaired) electrons. The highest BCUT2D eigenvalue weighted by atomic mass is 32.2. The number of hydrogen-bond acceptors (Lipinski definition) is 6. The Morgan fingerprint density at radius 1 is 1.40 bits per heavy atom. The number of aromatic nitrogens is 2. The fraction of sp³-hybridized carbons (Fsp3) is 0.571. The van der Waals surface area contributed by atoms with Crippen molar-refractivity contribution in [3.05, 3.63) is 11.4 Å². The van der Waals surface area contributed by atoms with E-state index < -0.39 is 0 Å². The molecule has 1 unspecified atom stereocenters. The van der Waals surface area contributed by atoms with Crippen LogP contribution in [0.25, 0.3) is 10.2 Å². The van der Waals surface area contributed by atoms with E-state index in [2.05, 4.69) is 52.3 Å². The summed E-state index contributed by atoms with van der Waals surface area (Å²) in [6.07, 6.45) is 1.22. The molecule has 1 N–H and O–H groups in total. The van der Waals surface area contributed by atoms with Gasteiger partial charge in [0.25, 0.3) is 0 Å². The summed E-state index contributed by atoms with van der Waals surface area (Å²) in [6.45, 7) is 7.37. The van der Waals surface area contributed by atoms with E-state index >= 15 is 0 Å². The predicted molar refractivity (Wildman–Crippen MR) is 90.3 cm³/mol. The maximum Gasteiger partial charge on any atom is 0.226 e. The molecule has 6 heteroatoms. The largest absolute Gasteiger partial charge is 0.354 e. The van der Waals surface area contributed by atoms with Crippen LogP contribution in [-0.2, 0) is 0 Å². The first-order valence-electron chi connectivity index (χ1n) is 7.17. The maximum atomic E-state index is 4.76. The van der Waals surface area contributed by atoms with Crippen molar-refractivity contribution in [2.45, 2.75) is 25.5 Å². The first-order chi connectivity index (χ1) is 9.81. The van der Waals surface area contributed by atoms with Gasteiger partial charge < -0.3 is 10.2 Å². The van der Waals surface area contributed by atoms with Crippen molar-refractivity contribution in [1.82, 2.24) is 9.97 Å². The van der Waals surface area contributed by atoms with Crippen LogP contribution in [-0.4, -0.2) is 40.6 Å². The molecule has 108 valence electrons. The summed E-state index contributed by atoms with van der Waals surface area (Å²) in [4.78, 5) is 12.9. The molecule has 0 aromatic carbocycles. The second kappa shape index (κ2) is 6.18. The SMILES string of the molecule is CCNc1nc(N2CCSC(CC)C2)c2ccsc2n1. The summed E-state index contributed by atoms with van der Waals surface area (Å²) < 4.78 is 0. The molecule has 4 nitrogen and oxygen atoms in total. The van der Waals surface area contributed by atoms with Crippen molar-refractivity contribution in [3.63, 3.8) is 0 Å². The molecule has 1 aliphatic rings. The molecule has 1 atom stereocenters. The van der Waals surface area contributed by atoms with Gasteiger partial charge in [0.2, 0.25) is 5.95 Å². The van der Waals surface area contributed by atoms with E-state index in [1.807, 2.05) is 0 Å². The number of nitrogens with zero attached hydrogens (tertiary/aromatic N) is 3. The van der Waals surface area contributed by atoms with Crippen LogP contribution in [0.3, 0.4) is 0 Å². The van der Waals surface area contributed by atoms with Gasteiger partial charge >= 0.3 is 0 Å². The second-order valence-corrected chi connectivity index (χ2v) is 7.19. The highest BCUT2D eigenvalue weighted by Crippen LogP contribution is 2.32. The quantitative estimate of drug-likeness (QED) is 0.937. The van der Waals surface area contributed by atoms with Crippen LogP contribution in [0.2, 0.25) is 0 Å². The lowest BCUT2D eigenvalue weighted by molar-refractivity contribution is 0.722. The van der Waals surface area contributed by atoms with Gasteiger partial charge in [-0.1, -0.05) is 6.92 Å². The number of hydrogen-bond donors (Lipinski definition) is 1. The third-order valence-electron chi connectivity index (χ3n) is 3.53. The van der Waals surface area contributed by atoms with Gasteiger partial charge in [-0.25, -0.2) is 4.98 Å². The summed E-state index contributed by atoms with van der Waals surface area (Å²) in [5.74, 6) is 3.04. The van der Waals surface area contributed by atoms with E-state index in [1.54, 1.807) is 11.3 Å². The van der Waals surface area contributed by atoms with Crippen molar-refractivity contribution >= 4 is 45.1 Å². The van der Waals surface area contributed by atoms with Crippen molar-refractivity contribution in [2.24, 2.45) is 0 Å². The lowest BCUT2D eigenvalue weighted by atomic mass is 10.2. The molecule has 1 aliphatic heterocycles. The van der Waals surface area contributed by atoms with Gasteiger partial charge in [-0.2, -0.15) is 16.7 Å². The molecule has 1 saturated heterocycles. The molecule has 0 saturated carbocycles. The molecule has 0 bridgehead atoms. The van der Waals surface area contributed by atoms with Crippen LogP contribution in [0.5, 0.6) is 0 Å². The van der Waals surface area contributed by atoms with E-state index in [0.717, 1.165) is 41.5 Å². The van der Waals surface area contributed by atoms with Gasteiger partial charge in [0.1, 0.15) is 10.6 Å². The third kappa shape index (κ3) is 2.72. The Kier molecular flexibility index (Phi) is 4.31. The van der Waals surface area contributed by atoms with Gasteiger partial charge in [0, 0.05) is 30.6 Å². The number of nitrogens with one attached hydrogen (secondary N) is 1. The van der Waals surface area contributed by atoms with E-state index in [1.165, 1.54) is 17.6 Å². The standard InChI is InChI=1S/C14H20N4S2/c1-3-10-9-18(6-8-19-10)12-11-5-7-20-13(11)17-14(16-12)15-4-2/h5,7,10H,3-4,6,8-9H2,1-2H3,(H,15,16,17). The first kappa shape index (κ1) is 13.9. The zero-order valence-corrected chi connectivity index (χ0v) is 13.6. The summed E-state index contributed by atoms with van der Waals surface area (Å²) in [5, 5.41) is 7.26.